The van der Waals surface area contributed by atoms with Crippen molar-refractivity contribution in [3.05, 3.63) is 23.0 Å². The summed E-state index contributed by atoms with van der Waals surface area (Å²) < 4.78 is 13.0. The molecule has 0 aromatic rings. The van der Waals surface area contributed by atoms with E-state index < -0.39 is 0 Å². The number of rotatable bonds is 9. The van der Waals surface area contributed by atoms with Gasteiger partial charge in [-0.2, -0.15) is 0 Å². The van der Waals surface area contributed by atoms with E-state index in [1.807, 2.05) is 6.92 Å². The third kappa shape index (κ3) is 4.96. The third-order valence-electron chi connectivity index (χ3n) is 12.4. The average Bonchev–Trinajstić information content (AvgIpc) is 3.35. The molecular weight excluding hydrogens is 498 g/mol. The summed E-state index contributed by atoms with van der Waals surface area (Å²) in [6.07, 6.45) is 15.2. The lowest BCUT2D eigenvalue weighted by atomic mass is 9.47. The Bertz CT molecular complexity index is 1060. The lowest BCUT2D eigenvalue weighted by Gasteiger charge is -2.58. The minimum atomic E-state index is -0.0510. The molecule has 5 heteroatoms. The zero-order valence-electron chi connectivity index (χ0n) is 26.4. The van der Waals surface area contributed by atoms with Gasteiger partial charge < -0.3 is 14.8 Å². The van der Waals surface area contributed by atoms with E-state index in [9.17, 15) is 9.59 Å². The molecule has 0 bridgehead atoms. The second kappa shape index (κ2) is 11.1. The van der Waals surface area contributed by atoms with Crippen molar-refractivity contribution in [1.29, 1.82) is 0 Å². The second-order valence-electron chi connectivity index (χ2n) is 14.8. The number of amides is 1. The first kappa shape index (κ1) is 29.7. The van der Waals surface area contributed by atoms with E-state index >= 15 is 0 Å². The summed E-state index contributed by atoms with van der Waals surface area (Å²) in [5.41, 5.74) is 3.58. The predicted molar refractivity (Wildman–Crippen MR) is 159 cm³/mol. The maximum atomic E-state index is 12.2. The third-order valence-corrected chi connectivity index (χ3v) is 12.4. The van der Waals surface area contributed by atoms with Gasteiger partial charge in [0.2, 0.25) is 5.91 Å². The number of ether oxygens (including phenoxy) is 2. The van der Waals surface area contributed by atoms with Crippen LogP contribution in [0.25, 0.3) is 0 Å². The Kier molecular flexibility index (Phi) is 8.27. The van der Waals surface area contributed by atoms with Crippen molar-refractivity contribution in [3.8, 4) is 0 Å². The molecule has 5 aliphatic rings. The van der Waals surface area contributed by atoms with E-state index in [1.54, 1.807) is 12.5 Å². The fraction of sp³-hybridized carbons (Fsp3) is 0.829. The van der Waals surface area contributed by atoms with E-state index in [1.165, 1.54) is 37.0 Å². The van der Waals surface area contributed by atoms with Gasteiger partial charge in [0.05, 0.1) is 5.76 Å². The fourth-order valence-corrected chi connectivity index (χ4v) is 10.3. The molecule has 4 aliphatic carbocycles. The number of allylic oxidation sites excluding steroid dienone is 2. The van der Waals surface area contributed by atoms with Crippen LogP contribution in [-0.2, 0) is 19.1 Å². The molecule has 3 fully saturated rings. The number of hydrogen-bond acceptors (Lipinski definition) is 4. The smallest absolute Gasteiger partial charge is 0.306 e. The Morgan fingerprint density at radius 2 is 1.95 bits per heavy atom. The van der Waals surface area contributed by atoms with Gasteiger partial charge in [0.25, 0.3) is 0 Å². The van der Waals surface area contributed by atoms with Crippen molar-refractivity contribution in [1.82, 2.24) is 5.32 Å². The molecule has 224 valence electrons. The van der Waals surface area contributed by atoms with E-state index in [-0.39, 0.29) is 29.0 Å². The van der Waals surface area contributed by atoms with Crippen LogP contribution in [0.1, 0.15) is 126 Å². The lowest BCUT2D eigenvalue weighted by molar-refractivity contribution is -0.151. The summed E-state index contributed by atoms with van der Waals surface area (Å²) in [4.78, 5) is 23.5. The Morgan fingerprint density at radius 1 is 1.18 bits per heavy atom. The van der Waals surface area contributed by atoms with Gasteiger partial charge >= 0.3 is 5.97 Å². The topological polar surface area (TPSA) is 64.6 Å². The van der Waals surface area contributed by atoms with Crippen LogP contribution >= 0.6 is 0 Å². The number of carbonyl (C=O) groups is 2. The minimum absolute atomic E-state index is 0.0221. The summed E-state index contributed by atoms with van der Waals surface area (Å²) in [6.45, 7) is 16.5. The van der Waals surface area contributed by atoms with Crippen molar-refractivity contribution in [3.63, 3.8) is 0 Å². The molecule has 5 nitrogen and oxygen atoms in total. The van der Waals surface area contributed by atoms with E-state index in [2.05, 4.69) is 46.0 Å². The van der Waals surface area contributed by atoms with Crippen molar-refractivity contribution >= 4 is 11.9 Å². The zero-order chi connectivity index (χ0) is 28.9. The molecule has 9 atom stereocenters. The van der Waals surface area contributed by atoms with Crippen molar-refractivity contribution in [2.24, 2.45) is 40.4 Å². The van der Waals surface area contributed by atoms with Gasteiger partial charge in [-0.05, 0) is 105 Å². The molecule has 0 radical (unpaired) electrons. The first-order chi connectivity index (χ1) is 19.0. The monoisotopic (exact) mass is 553 g/mol. The molecule has 0 aromatic carbocycles. The van der Waals surface area contributed by atoms with Crippen LogP contribution in [0.5, 0.6) is 0 Å². The summed E-state index contributed by atoms with van der Waals surface area (Å²) in [5, 5.41) is 2.98. The van der Waals surface area contributed by atoms with Crippen molar-refractivity contribution < 1.29 is 19.1 Å². The molecular formula is C35H55NO4. The maximum absolute atomic E-state index is 12.2. The largest absolute Gasteiger partial charge is 0.491 e. The van der Waals surface area contributed by atoms with Crippen LogP contribution in [-0.4, -0.2) is 30.1 Å². The molecule has 0 aromatic heterocycles. The molecule has 1 aliphatic heterocycles. The number of fused-ring (bicyclic) bond motifs is 7. The van der Waals surface area contributed by atoms with Crippen LogP contribution in [0.15, 0.2) is 23.0 Å². The Labute approximate surface area is 243 Å². The molecule has 3 saturated carbocycles. The first-order valence-corrected chi connectivity index (χ1v) is 16.5. The summed E-state index contributed by atoms with van der Waals surface area (Å²) in [7, 11) is 0. The summed E-state index contributed by atoms with van der Waals surface area (Å²) in [5.74, 6) is 4.38. The van der Waals surface area contributed by atoms with Crippen LogP contribution < -0.4 is 5.32 Å². The number of nitrogens with one attached hydrogen (secondary N) is 1. The van der Waals surface area contributed by atoms with Crippen molar-refractivity contribution in [2.45, 2.75) is 137 Å². The van der Waals surface area contributed by atoms with Crippen molar-refractivity contribution in [2.75, 3.05) is 6.54 Å². The lowest BCUT2D eigenvalue weighted by Crippen LogP contribution is -2.50. The Hall–Kier alpha value is -1.78. The highest BCUT2D eigenvalue weighted by Crippen LogP contribution is 2.72. The summed E-state index contributed by atoms with van der Waals surface area (Å²) in [6, 6.07) is 0. The van der Waals surface area contributed by atoms with Gasteiger partial charge in [-0.25, -0.2) is 0 Å². The molecule has 1 heterocycles. The number of hydrogen-bond donors (Lipinski definition) is 1. The van der Waals surface area contributed by atoms with Crippen LogP contribution in [0.2, 0.25) is 0 Å². The molecule has 0 saturated heterocycles. The van der Waals surface area contributed by atoms with Gasteiger partial charge in [0, 0.05) is 38.6 Å². The summed E-state index contributed by atoms with van der Waals surface area (Å²) >= 11 is 0. The van der Waals surface area contributed by atoms with Crippen LogP contribution in [0, 0.1) is 40.4 Å². The Balaban J connectivity index is 1.32. The zero-order valence-corrected chi connectivity index (χ0v) is 26.4. The van der Waals surface area contributed by atoms with Crippen LogP contribution in [0.3, 0.4) is 0 Å². The SMILES string of the molecule is CCCC(=O)O[C@@H]1CC[C@@]2(C)C(=CC[C@H]3[C@@H]4C[C@]5(CC)OC(CC[C@H](C)CNC(C)=O)=C(C)[C@@H]5[C@@]4(C)CC[C@@H]32)C1. The number of esters is 1. The molecule has 0 unspecified atom stereocenters. The van der Waals surface area contributed by atoms with Gasteiger partial charge in [-0.1, -0.05) is 46.3 Å². The molecule has 1 amide bonds. The molecule has 5 rings (SSSR count). The van der Waals surface area contributed by atoms with Gasteiger partial charge in [-0.3, -0.25) is 9.59 Å². The highest BCUT2D eigenvalue weighted by atomic mass is 16.5. The highest BCUT2D eigenvalue weighted by molar-refractivity contribution is 5.72. The second-order valence-corrected chi connectivity index (χ2v) is 14.8. The normalized spacial score (nSPS) is 40.7. The predicted octanol–water partition coefficient (Wildman–Crippen LogP) is 7.89. The van der Waals surface area contributed by atoms with E-state index in [0.717, 1.165) is 63.3 Å². The van der Waals surface area contributed by atoms with Crippen LogP contribution in [0.4, 0.5) is 0 Å². The van der Waals surface area contributed by atoms with E-state index in [4.69, 9.17) is 9.47 Å². The average molecular weight is 554 g/mol. The van der Waals surface area contributed by atoms with Gasteiger partial charge in [0.1, 0.15) is 11.7 Å². The molecule has 0 spiro atoms. The minimum Gasteiger partial charge on any atom is -0.491 e. The maximum Gasteiger partial charge on any atom is 0.306 e. The standard InChI is InChI=1S/C35H55NO4/c1-8-10-31(38)39-26-15-17-33(6)25(19-26)12-13-27-28(33)16-18-34(7)29(27)20-35(9-2)32(34)23(4)30(40-35)14-11-22(3)21-36-24(5)37/h12,22,26-29,32H,8-11,13-21H2,1-7H3,(H,36,37)/t22-,26+,27+,28-,29-,32+,33-,34-,35-/m0/s1. The van der Waals surface area contributed by atoms with Gasteiger partial charge in [-0.15, -0.1) is 0 Å². The number of carbonyl (C=O) groups excluding carboxylic acids is 2. The quantitative estimate of drug-likeness (QED) is 0.233. The first-order valence-electron chi connectivity index (χ1n) is 16.5. The Morgan fingerprint density at radius 3 is 2.65 bits per heavy atom. The fourth-order valence-electron chi connectivity index (χ4n) is 10.3. The molecule has 1 N–H and O–H groups in total. The molecule has 40 heavy (non-hydrogen) atoms. The van der Waals surface area contributed by atoms with Gasteiger partial charge in [0.15, 0.2) is 0 Å². The van der Waals surface area contributed by atoms with E-state index in [0.29, 0.717) is 29.6 Å². The highest BCUT2D eigenvalue weighted by Gasteiger charge is 2.68.